The number of carboxylic acids is 1. The highest BCUT2D eigenvalue weighted by atomic mass is 32.2. The number of hydrogen-bond acceptors (Lipinski definition) is 4. The van der Waals surface area contributed by atoms with Gasteiger partial charge in [-0.1, -0.05) is 24.3 Å². The van der Waals surface area contributed by atoms with Gasteiger partial charge in [0.05, 0.1) is 11.7 Å². The van der Waals surface area contributed by atoms with E-state index in [0.717, 1.165) is 5.56 Å². The van der Waals surface area contributed by atoms with Crippen LogP contribution in [0.5, 0.6) is 0 Å². The Bertz CT molecular complexity index is 594. The minimum absolute atomic E-state index is 0.130. The summed E-state index contributed by atoms with van der Waals surface area (Å²) in [5, 5.41) is 8.76. The first-order chi connectivity index (χ1) is 9.41. The summed E-state index contributed by atoms with van der Waals surface area (Å²) in [6, 6.07) is 6.85. The molecule has 0 amide bonds. The summed E-state index contributed by atoms with van der Waals surface area (Å²) in [6.45, 7) is 0.288. The highest BCUT2D eigenvalue weighted by Crippen LogP contribution is 2.28. The summed E-state index contributed by atoms with van der Waals surface area (Å²) in [6.07, 6.45) is 0.709. The van der Waals surface area contributed by atoms with E-state index in [-0.39, 0.29) is 18.3 Å². The van der Waals surface area contributed by atoms with Crippen molar-refractivity contribution in [3.63, 3.8) is 0 Å². The van der Waals surface area contributed by atoms with Gasteiger partial charge in [0.25, 0.3) is 0 Å². The quantitative estimate of drug-likeness (QED) is 0.705. The van der Waals surface area contributed by atoms with E-state index >= 15 is 0 Å². The summed E-state index contributed by atoms with van der Waals surface area (Å²) in [7, 11) is -3.47. The second kappa shape index (κ2) is 5.90. The predicted octanol–water partition coefficient (Wildman–Crippen LogP) is 0.428. The maximum Gasteiger partial charge on any atom is 0.306 e. The van der Waals surface area contributed by atoms with Crippen molar-refractivity contribution in [3.05, 3.63) is 35.4 Å². The van der Waals surface area contributed by atoms with E-state index in [4.69, 9.17) is 10.8 Å². The molecule has 0 saturated heterocycles. The molecule has 1 fully saturated rings. The molecule has 2 rings (SSSR count). The van der Waals surface area contributed by atoms with E-state index in [0.29, 0.717) is 18.4 Å². The topological polar surface area (TPSA) is 109 Å². The van der Waals surface area contributed by atoms with Crippen LogP contribution in [-0.4, -0.2) is 25.5 Å². The van der Waals surface area contributed by atoms with Gasteiger partial charge in [0.1, 0.15) is 0 Å². The molecule has 110 valence electrons. The maximum absolute atomic E-state index is 12.0. The van der Waals surface area contributed by atoms with E-state index in [1.807, 2.05) is 6.07 Å². The Morgan fingerprint density at radius 3 is 2.45 bits per heavy atom. The molecule has 0 aromatic heterocycles. The fourth-order valence-electron chi connectivity index (χ4n) is 2.31. The van der Waals surface area contributed by atoms with Gasteiger partial charge in [-0.2, -0.15) is 0 Å². The molecule has 20 heavy (non-hydrogen) atoms. The van der Waals surface area contributed by atoms with Gasteiger partial charge in [-0.25, -0.2) is 13.1 Å². The molecule has 6 nitrogen and oxygen atoms in total. The fraction of sp³-hybridized carbons (Fsp3) is 0.462. The summed E-state index contributed by atoms with van der Waals surface area (Å²) in [5.41, 5.74) is 7.06. The van der Waals surface area contributed by atoms with Gasteiger partial charge < -0.3 is 10.8 Å². The molecule has 1 aromatic carbocycles. The molecule has 0 spiro atoms. The fourth-order valence-corrected chi connectivity index (χ4v) is 3.79. The number of carbonyl (C=O) groups is 1. The van der Waals surface area contributed by atoms with E-state index in [1.165, 1.54) is 0 Å². The van der Waals surface area contributed by atoms with Crippen molar-refractivity contribution in [1.29, 1.82) is 0 Å². The van der Waals surface area contributed by atoms with Gasteiger partial charge in [0.2, 0.25) is 10.0 Å². The average Bonchev–Trinajstić information content (AvgIpc) is 2.33. The van der Waals surface area contributed by atoms with Crippen LogP contribution in [-0.2, 0) is 27.1 Å². The number of carboxylic acid groups (broad SMARTS) is 1. The normalized spacial score (nSPS) is 22.2. The molecule has 1 aromatic rings. The minimum atomic E-state index is -3.47. The van der Waals surface area contributed by atoms with Crippen LogP contribution in [0.25, 0.3) is 0 Å². The molecule has 0 atom stereocenters. The van der Waals surface area contributed by atoms with Crippen molar-refractivity contribution in [2.75, 3.05) is 0 Å². The number of aliphatic carboxylic acids is 1. The third-order valence-electron chi connectivity index (χ3n) is 3.52. The Hall–Kier alpha value is -1.44. The summed E-state index contributed by atoms with van der Waals surface area (Å²) < 4.78 is 26.6. The molecule has 0 bridgehead atoms. The Morgan fingerprint density at radius 2 is 1.90 bits per heavy atom. The first kappa shape index (κ1) is 15.0. The summed E-state index contributed by atoms with van der Waals surface area (Å²) in [4.78, 5) is 10.7. The zero-order chi connectivity index (χ0) is 14.8. The number of benzene rings is 1. The standard InChI is InChI=1S/C13H18N2O4S/c14-7-9-3-1-2-4-10(9)8-20(18,19)15-12-5-11(6-12)13(16)17/h1-4,11-12,15H,5-8,14H2,(H,16,17)/t11-,12-. The zero-order valence-electron chi connectivity index (χ0n) is 11.0. The Morgan fingerprint density at radius 1 is 1.30 bits per heavy atom. The number of nitrogens with two attached hydrogens (primary N) is 1. The Balaban J connectivity index is 1.97. The summed E-state index contributed by atoms with van der Waals surface area (Å²) in [5.74, 6) is -1.43. The Labute approximate surface area is 118 Å². The summed E-state index contributed by atoms with van der Waals surface area (Å²) >= 11 is 0. The lowest BCUT2D eigenvalue weighted by Crippen LogP contribution is -2.46. The van der Waals surface area contributed by atoms with Crippen molar-refractivity contribution < 1.29 is 18.3 Å². The van der Waals surface area contributed by atoms with Crippen LogP contribution in [0, 0.1) is 5.92 Å². The SMILES string of the molecule is NCc1ccccc1CS(=O)(=O)N[C@H]1C[C@H](C(=O)O)C1. The van der Waals surface area contributed by atoms with Gasteiger partial charge in [0.15, 0.2) is 0 Å². The van der Waals surface area contributed by atoms with Crippen LogP contribution >= 0.6 is 0 Å². The molecule has 0 heterocycles. The number of sulfonamides is 1. The molecular formula is C13H18N2O4S. The first-order valence-corrected chi connectivity index (χ1v) is 8.06. The number of hydrogen-bond donors (Lipinski definition) is 3. The maximum atomic E-state index is 12.0. The molecule has 1 aliphatic rings. The van der Waals surface area contributed by atoms with Crippen molar-refractivity contribution in [1.82, 2.24) is 4.72 Å². The van der Waals surface area contributed by atoms with Gasteiger partial charge >= 0.3 is 5.97 Å². The molecule has 1 saturated carbocycles. The smallest absolute Gasteiger partial charge is 0.306 e. The monoisotopic (exact) mass is 298 g/mol. The van der Waals surface area contributed by atoms with Crippen LogP contribution in [0.2, 0.25) is 0 Å². The van der Waals surface area contributed by atoms with Crippen LogP contribution in [0.3, 0.4) is 0 Å². The lowest BCUT2D eigenvalue weighted by atomic mass is 9.81. The second-order valence-corrected chi connectivity index (χ2v) is 6.81. The lowest BCUT2D eigenvalue weighted by molar-refractivity contribution is -0.145. The predicted molar refractivity (Wildman–Crippen MR) is 74.2 cm³/mol. The average molecular weight is 298 g/mol. The second-order valence-electron chi connectivity index (χ2n) is 5.05. The van der Waals surface area contributed by atoms with Gasteiger partial charge in [-0.3, -0.25) is 4.79 Å². The van der Waals surface area contributed by atoms with Crippen LogP contribution < -0.4 is 10.5 Å². The van der Waals surface area contributed by atoms with Crippen molar-refractivity contribution in [2.45, 2.75) is 31.2 Å². The minimum Gasteiger partial charge on any atom is -0.481 e. The molecular weight excluding hydrogens is 280 g/mol. The molecule has 0 radical (unpaired) electrons. The van der Waals surface area contributed by atoms with E-state index in [2.05, 4.69) is 4.72 Å². The molecule has 0 aliphatic heterocycles. The molecule has 1 aliphatic carbocycles. The highest BCUT2D eigenvalue weighted by molar-refractivity contribution is 7.88. The van der Waals surface area contributed by atoms with E-state index < -0.39 is 21.9 Å². The van der Waals surface area contributed by atoms with Crippen molar-refractivity contribution >= 4 is 16.0 Å². The molecule has 0 unspecified atom stereocenters. The van der Waals surface area contributed by atoms with Crippen molar-refractivity contribution in [3.8, 4) is 0 Å². The first-order valence-electron chi connectivity index (χ1n) is 6.41. The van der Waals surface area contributed by atoms with Crippen LogP contribution in [0.1, 0.15) is 24.0 Å². The van der Waals surface area contributed by atoms with E-state index in [1.54, 1.807) is 18.2 Å². The number of nitrogens with one attached hydrogen (secondary N) is 1. The van der Waals surface area contributed by atoms with Crippen LogP contribution in [0.15, 0.2) is 24.3 Å². The third-order valence-corrected chi connectivity index (χ3v) is 4.90. The molecule has 7 heteroatoms. The van der Waals surface area contributed by atoms with Gasteiger partial charge in [-0.05, 0) is 24.0 Å². The highest BCUT2D eigenvalue weighted by Gasteiger charge is 2.36. The Kier molecular flexibility index (Phi) is 4.42. The lowest BCUT2D eigenvalue weighted by Gasteiger charge is -2.32. The van der Waals surface area contributed by atoms with Gasteiger partial charge in [0, 0.05) is 12.6 Å². The third kappa shape index (κ3) is 3.56. The number of rotatable bonds is 6. The van der Waals surface area contributed by atoms with E-state index in [9.17, 15) is 13.2 Å². The molecule has 4 N–H and O–H groups in total. The zero-order valence-corrected chi connectivity index (χ0v) is 11.8. The van der Waals surface area contributed by atoms with Gasteiger partial charge in [-0.15, -0.1) is 0 Å². The van der Waals surface area contributed by atoms with Crippen molar-refractivity contribution in [2.24, 2.45) is 11.7 Å². The van der Waals surface area contributed by atoms with Crippen LogP contribution in [0.4, 0.5) is 0 Å². The largest absolute Gasteiger partial charge is 0.481 e.